The Hall–Kier alpha value is -1.08. The summed E-state index contributed by atoms with van der Waals surface area (Å²) in [5.41, 5.74) is 7.91. The molecular weight excluding hydrogens is 170 g/mol. The molecule has 0 spiro atoms. The fourth-order valence-electron chi connectivity index (χ4n) is 0.993. The molecule has 0 saturated heterocycles. The lowest BCUT2D eigenvalue weighted by Gasteiger charge is -2.03. The van der Waals surface area contributed by atoms with Gasteiger partial charge in [-0.3, -0.25) is 0 Å². The van der Waals surface area contributed by atoms with E-state index in [1.807, 2.05) is 32.1 Å². The summed E-state index contributed by atoms with van der Waals surface area (Å²) in [6.45, 7) is 14.0. The first-order valence-corrected chi connectivity index (χ1v) is 5.13. The fraction of sp³-hybridized carbons (Fsp3) is 0.385. The van der Waals surface area contributed by atoms with Gasteiger partial charge in [-0.15, -0.1) is 0 Å². The highest BCUT2D eigenvalue weighted by atomic mass is 14.5. The Labute approximate surface area is 88.7 Å². The molecule has 0 aliphatic rings. The minimum absolute atomic E-state index is 0.555. The quantitative estimate of drug-likeness (QED) is 0.663. The monoisotopic (exact) mass is 193 g/mol. The van der Waals surface area contributed by atoms with Crippen LogP contribution in [0.4, 0.5) is 0 Å². The van der Waals surface area contributed by atoms with Crippen molar-refractivity contribution in [3.05, 3.63) is 48.6 Å². The Morgan fingerprint density at radius 1 is 1.21 bits per heavy atom. The van der Waals surface area contributed by atoms with E-state index < -0.39 is 0 Å². The van der Waals surface area contributed by atoms with Crippen LogP contribution < -0.4 is 5.73 Å². The van der Waals surface area contributed by atoms with E-state index in [1.54, 1.807) is 6.08 Å². The van der Waals surface area contributed by atoms with Gasteiger partial charge in [0.15, 0.2) is 0 Å². The molecule has 0 aromatic rings. The first kappa shape index (κ1) is 15.4. The van der Waals surface area contributed by atoms with Gasteiger partial charge in [0, 0.05) is 6.54 Å². The van der Waals surface area contributed by atoms with Gasteiger partial charge in [0.05, 0.1) is 0 Å². The molecule has 0 rings (SSSR count). The summed E-state index contributed by atoms with van der Waals surface area (Å²) in [6.07, 6.45) is 8.44. The second kappa shape index (κ2) is 11.9. The minimum Gasteiger partial charge on any atom is -0.326 e. The Balaban J connectivity index is 0. The SMILES string of the molecule is C=C/C=C\C(CN)=C(/C=C)CC.CC. The standard InChI is InChI=1S/C11H17N.C2H6/c1-4-7-8-11(9-12)10(5-2)6-3;1-2/h4-5,7-8H,1-2,6,9,12H2,3H3;1-2H3/b8-7-,11-10-;. The van der Waals surface area contributed by atoms with Crippen molar-refractivity contribution in [2.24, 2.45) is 5.73 Å². The van der Waals surface area contributed by atoms with Crippen molar-refractivity contribution in [2.75, 3.05) is 6.54 Å². The van der Waals surface area contributed by atoms with Crippen molar-refractivity contribution < 1.29 is 0 Å². The molecule has 0 aromatic carbocycles. The molecule has 2 N–H and O–H groups in total. The Bertz CT molecular complexity index is 209. The summed E-state index contributed by atoms with van der Waals surface area (Å²) in [6, 6.07) is 0. The molecule has 0 radical (unpaired) electrons. The van der Waals surface area contributed by atoms with Gasteiger partial charge in [-0.25, -0.2) is 0 Å². The van der Waals surface area contributed by atoms with Gasteiger partial charge in [-0.1, -0.05) is 58.2 Å². The van der Waals surface area contributed by atoms with E-state index in [0.717, 1.165) is 12.0 Å². The van der Waals surface area contributed by atoms with Crippen LogP contribution in [0.2, 0.25) is 0 Å². The molecule has 0 heterocycles. The summed E-state index contributed by atoms with van der Waals surface area (Å²) < 4.78 is 0. The number of hydrogen-bond donors (Lipinski definition) is 1. The predicted molar refractivity (Wildman–Crippen MR) is 67.3 cm³/mol. The van der Waals surface area contributed by atoms with Crippen molar-refractivity contribution in [3.8, 4) is 0 Å². The summed E-state index contributed by atoms with van der Waals surface area (Å²) in [7, 11) is 0. The summed E-state index contributed by atoms with van der Waals surface area (Å²) in [5, 5.41) is 0. The smallest absolute Gasteiger partial charge is 0.0180 e. The van der Waals surface area contributed by atoms with Crippen molar-refractivity contribution in [3.63, 3.8) is 0 Å². The van der Waals surface area contributed by atoms with Crippen molar-refractivity contribution in [1.82, 2.24) is 0 Å². The highest BCUT2D eigenvalue weighted by molar-refractivity contribution is 5.34. The van der Waals surface area contributed by atoms with Crippen LogP contribution in [0.15, 0.2) is 48.6 Å². The average Bonchev–Trinajstić information content (AvgIpc) is 2.27. The lowest BCUT2D eigenvalue weighted by atomic mass is 10.1. The molecule has 0 atom stereocenters. The normalized spacial score (nSPS) is 11.4. The van der Waals surface area contributed by atoms with Crippen LogP contribution in [0.1, 0.15) is 27.2 Å². The van der Waals surface area contributed by atoms with Crippen LogP contribution in [0, 0.1) is 0 Å². The van der Waals surface area contributed by atoms with Crippen molar-refractivity contribution in [1.29, 1.82) is 0 Å². The molecule has 0 aliphatic carbocycles. The lowest BCUT2D eigenvalue weighted by Crippen LogP contribution is -2.03. The summed E-state index contributed by atoms with van der Waals surface area (Å²) in [4.78, 5) is 0. The molecule has 1 heteroatoms. The van der Waals surface area contributed by atoms with Gasteiger partial charge in [0.1, 0.15) is 0 Å². The third-order valence-electron chi connectivity index (χ3n) is 1.69. The zero-order chi connectivity index (χ0) is 11.4. The predicted octanol–water partition coefficient (Wildman–Crippen LogP) is 3.61. The third kappa shape index (κ3) is 6.44. The number of hydrogen-bond acceptors (Lipinski definition) is 1. The van der Waals surface area contributed by atoms with Gasteiger partial charge in [0.25, 0.3) is 0 Å². The van der Waals surface area contributed by atoms with E-state index in [-0.39, 0.29) is 0 Å². The van der Waals surface area contributed by atoms with E-state index in [9.17, 15) is 0 Å². The minimum atomic E-state index is 0.555. The maximum atomic E-state index is 5.57. The molecule has 0 aliphatic heterocycles. The van der Waals surface area contributed by atoms with Crippen molar-refractivity contribution in [2.45, 2.75) is 27.2 Å². The molecule has 0 amide bonds. The molecule has 0 aromatic heterocycles. The molecule has 1 nitrogen and oxygen atoms in total. The van der Waals surface area contributed by atoms with Crippen LogP contribution in [0.25, 0.3) is 0 Å². The van der Waals surface area contributed by atoms with E-state index in [0.29, 0.717) is 6.54 Å². The first-order valence-electron chi connectivity index (χ1n) is 5.13. The largest absolute Gasteiger partial charge is 0.326 e. The van der Waals surface area contributed by atoms with Crippen LogP contribution in [-0.2, 0) is 0 Å². The average molecular weight is 193 g/mol. The molecule has 14 heavy (non-hydrogen) atoms. The highest BCUT2D eigenvalue weighted by Gasteiger charge is 1.94. The van der Waals surface area contributed by atoms with E-state index in [4.69, 9.17) is 5.73 Å². The Morgan fingerprint density at radius 3 is 2.07 bits per heavy atom. The van der Waals surface area contributed by atoms with Gasteiger partial charge in [-0.05, 0) is 17.6 Å². The van der Waals surface area contributed by atoms with Crippen LogP contribution in [0.5, 0.6) is 0 Å². The maximum Gasteiger partial charge on any atom is 0.0180 e. The van der Waals surface area contributed by atoms with Crippen LogP contribution >= 0.6 is 0 Å². The van der Waals surface area contributed by atoms with Crippen LogP contribution in [-0.4, -0.2) is 6.54 Å². The van der Waals surface area contributed by atoms with Crippen molar-refractivity contribution >= 4 is 0 Å². The summed E-state index contributed by atoms with van der Waals surface area (Å²) in [5.74, 6) is 0. The van der Waals surface area contributed by atoms with E-state index in [2.05, 4.69) is 20.1 Å². The number of nitrogens with two attached hydrogens (primary N) is 1. The number of allylic oxidation sites excluding steroid dienone is 4. The molecule has 0 bridgehead atoms. The molecular formula is C13H23N. The Kier molecular flexibility index (Phi) is 13.1. The number of rotatable bonds is 5. The van der Waals surface area contributed by atoms with Gasteiger partial charge < -0.3 is 5.73 Å². The van der Waals surface area contributed by atoms with E-state index in [1.165, 1.54) is 5.57 Å². The van der Waals surface area contributed by atoms with Gasteiger partial charge in [0.2, 0.25) is 0 Å². The molecule has 80 valence electrons. The topological polar surface area (TPSA) is 26.0 Å². The molecule has 0 fully saturated rings. The highest BCUT2D eigenvalue weighted by Crippen LogP contribution is 2.09. The third-order valence-corrected chi connectivity index (χ3v) is 1.69. The summed E-state index contributed by atoms with van der Waals surface area (Å²) >= 11 is 0. The molecule has 0 unspecified atom stereocenters. The second-order valence-corrected chi connectivity index (χ2v) is 2.41. The van der Waals surface area contributed by atoms with Gasteiger partial charge in [-0.2, -0.15) is 0 Å². The Morgan fingerprint density at radius 2 is 1.79 bits per heavy atom. The second-order valence-electron chi connectivity index (χ2n) is 2.41. The van der Waals surface area contributed by atoms with Gasteiger partial charge >= 0.3 is 0 Å². The fourth-order valence-corrected chi connectivity index (χ4v) is 0.993. The zero-order valence-electron chi connectivity index (χ0n) is 9.72. The first-order chi connectivity index (χ1) is 6.79. The molecule has 0 saturated carbocycles. The maximum absolute atomic E-state index is 5.57. The zero-order valence-corrected chi connectivity index (χ0v) is 9.72. The lowest BCUT2D eigenvalue weighted by molar-refractivity contribution is 1.07. The van der Waals surface area contributed by atoms with E-state index >= 15 is 0 Å². The van der Waals surface area contributed by atoms with Crippen LogP contribution in [0.3, 0.4) is 0 Å².